The maximum atomic E-state index is 13.5. The Kier molecular flexibility index (Phi) is 5.47. The first-order chi connectivity index (χ1) is 8.09. The summed E-state index contributed by atoms with van der Waals surface area (Å²) in [7, 11) is 0. The molecule has 1 aliphatic rings. The van der Waals surface area contributed by atoms with Crippen molar-refractivity contribution in [3.63, 3.8) is 0 Å². The quantitative estimate of drug-likeness (QED) is 0.810. The van der Waals surface area contributed by atoms with Gasteiger partial charge in [-0.1, -0.05) is 19.3 Å². The minimum Gasteiger partial charge on any atom is -0.324 e. The van der Waals surface area contributed by atoms with E-state index in [1.165, 1.54) is 6.42 Å². The fourth-order valence-corrected chi connectivity index (χ4v) is 2.54. The van der Waals surface area contributed by atoms with Crippen LogP contribution in [0.2, 0.25) is 0 Å². The Morgan fingerprint density at radius 1 is 0.944 bits per heavy atom. The van der Waals surface area contributed by atoms with E-state index >= 15 is 0 Å². The topological polar surface area (TPSA) is 26.0 Å². The summed E-state index contributed by atoms with van der Waals surface area (Å²) in [5.74, 6) is -2.78. The van der Waals surface area contributed by atoms with Gasteiger partial charge in [-0.25, -0.2) is 13.2 Å². The molecule has 0 bridgehead atoms. The fraction of sp³-hybridized carbons (Fsp3) is 0.538. The molecule has 2 N–H and O–H groups in total. The Morgan fingerprint density at radius 3 is 2.11 bits per heavy atom. The van der Waals surface area contributed by atoms with Crippen LogP contribution >= 0.6 is 12.4 Å². The normalized spacial score (nSPS) is 18.2. The van der Waals surface area contributed by atoms with Crippen molar-refractivity contribution in [2.45, 2.75) is 38.1 Å². The van der Waals surface area contributed by atoms with E-state index in [0.717, 1.165) is 31.7 Å². The van der Waals surface area contributed by atoms with Crippen molar-refractivity contribution < 1.29 is 13.2 Å². The van der Waals surface area contributed by atoms with Gasteiger partial charge in [-0.3, -0.25) is 0 Å². The molecule has 1 atom stereocenters. The van der Waals surface area contributed by atoms with E-state index in [9.17, 15) is 13.2 Å². The molecule has 0 heterocycles. The van der Waals surface area contributed by atoms with Gasteiger partial charge in [0.1, 0.15) is 5.82 Å². The summed E-state index contributed by atoms with van der Waals surface area (Å²) in [4.78, 5) is 0. The predicted octanol–water partition coefficient (Wildman–Crippen LogP) is 4.11. The van der Waals surface area contributed by atoms with Gasteiger partial charge in [0.15, 0.2) is 11.6 Å². The molecule has 0 unspecified atom stereocenters. The maximum Gasteiger partial charge on any atom is 0.161 e. The Balaban J connectivity index is 0.00000162. The fourth-order valence-electron chi connectivity index (χ4n) is 2.54. The third-order valence-corrected chi connectivity index (χ3v) is 3.56. The van der Waals surface area contributed by atoms with Crippen molar-refractivity contribution in [1.29, 1.82) is 0 Å². The molecular weight excluding hydrogens is 263 g/mol. The van der Waals surface area contributed by atoms with E-state index in [1.807, 2.05) is 0 Å². The minimum absolute atomic E-state index is 0. The molecule has 0 aromatic heterocycles. The summed E-state index contributed by atoms with van der Waals surface area (Å²) >= 11 is 0. The zero-order chi connectivity index (χ0) is 12.4. The summed E-state index contributed by atoms with van der Waals surface area (Å²) in [6.45, 7) is 0. The van der Waals surface area contributed by atoms with Crippen LogP contribution in [0, 0.1) is 23.4 Å². The summed E-state index contributed by atoms with van der Waals surface area (Å²) in [5, 5.41) is 0. The van der Waals surface area contributed by atoms with Crippen molar-refractivity contribution in [1.82, 2.24) is 0 Å². The van der Waals surface area contributed by atoms with Crippen LogP contribution in [-0.4, -0.2) is 0 Å². The highest BCUT2D eigenvalue weighted by Gasteiger charge is 2.25. The number of hydrogen-bond donors (Lipinski definition) is 1. The van der Waals surface area contributed by atoms with Crippen LogP contribution in [0.25, 0.3) is 0 Å². The van der Waals surface area contributed by atoms with Crippen molar-refractivity contribution in [3.8, 4) is 0 Å². The third-order valence-electron chi connectivity index (χ3n) is 3.56. The van der Waals surface area contributed by atoms with Gasteiger partial charge in [0.25, 0.3) is 0 Å². The number of nitrogens with two attached hydrogens (primary N) is 1. The molecular formula is C13H17ClF3N. The Hall–Kier alpha value is -0.740. The lowest BCUT2D eigenvalue weighted by molar-refractivity contribution is 0.302. The second kappa shape index (κ2) is 6.43. The molecule has 0 radical (unpaired) electrons. The lowest BCUT2D eigenvalue weighted by Gasteiger charge is -2.28. The predicted molar refractivity (Wildman–Crippen MR) is 67.1 cm³/mol. The second-order valence-corrected chi connectivity index (χ2v) is 4.71. The Labute approximate surface area is 111 Å². The molecule has 1 saturated carbocycles. The Morgan fingerprint density at radius 2 is 1.50 bits per heavy atom. The molecule has 1 aliphatic carbocycles. The SMILES string of the molecule is Cl.N[C@H](c1cc(F)c(F)cc1F)C1CCCCC1. The largest absolute Gasteiger partial charge is 0.324 e. The monoisotopic (exact) mass is 279 g/mol. The summed E-state index contributed by atoms with van der Waals surface area (Å²) in [6, 6.07) is 0.933. The van der Waals surface area contributed by atoms with E-state index in [0.29, 0.717) is 6.07 Å². The van der Waals surface area contributed by atoms with Gasteiger partial charge in [0, 0.05) is 17.7 Å². The number of rotatable bonds is 2. The summed E-state index contributed by atoms with van der Waals surface area (Å²) in [5.41, 5.74) is 6.05. The van der Waals surface area contributed by atoms with E-state index in [4.69, 9.17) is 5.73 Å². The highest BCUT2D eigenvalue weighted by Crippen LogP contribution is 2.34. The highest BCUT2D eigenvalue weighted by atomic mass is 35.5. The van der Waals surface area contributed by atoms with Crippen LogP contribution in [-0.2, 0) is 0 Å². The smallest absolute Gasteiger partial charge is 0.161 e. The average Bonchev–Trinajstić information content (AvgIpc) is 2.34. The molecule has 0 aliphatic heterocycles. The molecule has 1 aromatic rings. The minimum atomic E-state index is -1.16. The summed E-state index contributed by atoms with van der Waals surface area (Å²) in [6.07, 6.45) is 5.18. The first-order valence-corrected chi connectivity index (χ1v) is 5.99. The molecule has 1 fully saturated rings. The summed E-state index contributed by atoms with van der Waals surface area (Å²) < 4.78 is 39.4. The van der Waals surface area contributed by atoms with E-state index in [1.54, 1.807) is 0 Å². The number of benzene rings is 1. The molecule has 5 heteroatoms. The van der Waals surface area contributed by atoms with Crippen LogP contribution in [0.5, 0.6) is 0 Å². The molecule has 2 rings (SSSR count). The molecule has 1 aromatic carbocycles. The van der Waals surface area contributed by atoms with Crippen LogP contribution in [0.4, 0.5) is 13.2 Å². The van der Waals surface area contributed by atoms with E-state index in [-0.39, 0.29) is 23.9 Å². The van der Waals surface area contributed by atoms with Gasteiger partial charge in [-0.15, -0.1) is 12.4 Å². The number of hydrogen-bond acceptors (Lipinski definition) is 1. The van der Waals surface area contributed by atoms with Crippen molar-refractivity contribution in [2.75, 3.05) is 0 Å². The standard InChI is InChI=1S/C13H16F3N.ClH/c14-10-7-12(16)11(15)6-9(10)13(17)8-4-2-1-3-5-8;/h6-8,13H,1-5,17H2;1H/t13-;/m0./s1. The van der Waals surface area contributed by atoms with Crippen LogP contribution < -0.4 is 5.73 Å². The lowest BCUT2D eigenvalue weighted by Crippen LogP contribution is -2.24. The third kappa shape index (κ3) is 3.18. The Bertz CT molecular complexity index is 405. The first kappa shape index (κ1) is 15.3. The second-order valence-electron chi connectivity index (χ2n) is 4.71. The molecule has 0 saturated heterocycles. The van der Waals surface area contributed by atoms with Gasteiger partial charge in [0.2, 0.25) is 0 Å². The van der Waals surface area contributed by atoms with Gasteiger partial charge >= 0.3 is 0 Å². The van der Waals surface area contributed by atoms with Gasteiger partial charge < -0.3 is 5.73 Å². The zero-order valence-electron chi connectivity index (χ0n) is 9.96. The van der Waals surface area contributed by atoms with Gasteiger partial charge in [-0.05, 0) is 24.8 Å². The van der Waals surface area contributed by atoms with Crippen molar-refractivity contribution in [2.24, 2.45) is 11.7 Å². The first-order valence-electron chi connectivity index (χ1n) is 5.99. The van der Waals surface area contributed by atoms with E-state index < -0.39 is 23.5 Å². The van der Waals surface area contributed by atoms with Crippen LogP contribution in [0.15, 0.2) is 12.1 Å². The average molecular weight is 280 g/mol. The zero-order valence-corrected chi connectivity index (χ0v) is 10.8. The highest BCUT2D eigenvalue weighted by molar-refractivity contribution is 5.85. The van der Waals surface area contributed by atoms with E-state index in [2.05, 4.69) is 0 Å². The molecule has 102 valence electrons. The van der Waals surface area contributed by atoms with Crippen molar-refractivity contribution in [3.05, 3.63) is 35.1 Å². The van der Waals surface area contributed by atoms with Crippen LogP contribution in [0.1, 0.15) is 43.7 Å². The van der Waals surface area contributed by atoms with Crippen LogP contribution in [0.3, 0.4) is 0 Å². The number of halogens is 4. The van der Waals surface area contributed by atoms with Crippen molar-refractivity contribution >= 4 is 12.4 Å². The van der Waals surface area contributed by atoms with Gasteiger partial charge in [0.05, 0.1) is 0 Å². The molecule has 0 spiro atoms. The molecule has 0 amide bonds. The molecule has 1 nitrogen and oxygen atoms in total. The molecule has 18 heavy (non-hydrogen) atoms. The lowest BCUT2D eigenvalue weighted by atomic mass is 9.81. The maximum absolute atomic E-state index is 13.5. The van der Waals surface area contributed by atoms with Gasteiger partial charge in [-0.2, -0.15) is 0 Å².